The van der Waals surface area contributed by atoms with Gasteiger partial charge in [0.15, 0.2) is 0 Å². The summed E-state index contributed by atoms with van der Waals surface area (Å²) in [5, 5.41) is 10.9. The zero-order valence-corrected chi connectivity index (χ0v) is 16.0. The number of carbonyl (C=O) groups is 1. The molecule has 3 aromatic heterocycles. The molecule has 146 valence electrons. The average Bonchev–Trinajstić information content (AvgIpc) is 3.32. The van der Waals surface area contributed by atoms with Gasteiger partial charge in [-0.1, -0.05) is 35.5 Å². The Kier molecular flexibility index (Phi) is 5.07. The maximum atomic E-state index is 12.3. The normalized spacial score (nSPS) is 10.7. The molecule has 0 radical (unpaired) electrons. The number of anilines is 1. The fourth-order valence-electron chi connectivity index (χ4n) is 2.82. The lowest BCUT2D eigenvalue weighted by Crippen LogP contribution is -2.11. The second-order valence-electron chi connectivity index (χ2n) is 6.46. The average molecular weight is 389 g/mol. The summed E-state index contributed by atoms with van der Waals surface area (Å²) in [6, 6.07) is 13.1. The smallest absolute Gasteiger partial charge is 0.257 e. The molecular weight excluding hydrogens is 370 g/mol. The van der Waals surface area contributed by atoms with Crippen molar-refractivity contribution in [3.8, 4) is 17.1 Å². The Morgan fingerprint density at radius 3 is 2.69 bits per heavy atom. The second kappa shape index (κ2) is 7.97. The molecule has 0 unspecified atom stereocenters. The van der Waals surface area contributed by atoms with Crippen molar-refractivity contribution < 1.29 is 14.1 Å². The number of benzene rings is 1. The lowest BCUT2D eigenvalue weighted by Gasteiger charge is -2.07. The van der Waals surface area contributed by atoms with E-state index in [9.17, 15) is 4.79 Å². The van der Waals surface area contributed by atoms with Crippen LogP contribution in [0.4, 0.5) is 5.69 Å². The highest BCUT2D eigenvalue weighted by Gasteiger charge is 2.15. The molecule has 0 atom stereocenters. The first-order valence-electron chi connectivity index (χ1n) is 8.99. The summed E-state index contributed by atoms with van der Waals surface area (Å²) in [5.41, 5.74) is 3.60. The zero-order valence-electron chi connectivity index (χ0n) is 16.0. The van der Waals surface area contributed by atoms with Crippen molar-refractivity contribution in [3.63, 3.8) is 0 Å². The van der Waals surface area contributed by atoms with Crippen LogP contribution < -0.4 is 10.1 Å². The molecule has 0 aliphatic heterocycles. The molecule has 0 aliphatic rings. The highest BCUT2D eigenvalue weighted by atomic mass is 16.5. The predicted octanol–water partition coefficient (Wildman–Crippen LogP) is 3.61. The van der Waals surface area contributed by atoms with Crippen molar-refractivity contribution in [2.75, 3.05) is 5.32 Å². The van der Waals surface area contributed by atoms with Crippen molar-refractivity contribution in [2.45, 2.75) is 13.5 Å². The molecule has 0 fully saturated rings. The van der Waals surface area contributed by atoms with Gasteiger partial charge in [-0.15, -0.1) is 0 Å². The molecule has 0 spiro atoms. The molecule has 0 saturated heterocycles. The van der Waals surface area contributed by atoms with E-state index in [-0.39, 0.29) is 12.5 Å². The van der Waals surface area contributed by atoms with E-state index in [1.165, 1.54) is 6.20 Å². The third-order valence-electron chi connectivity index (χ3n) is 4.36. The standard InChI is InChI=1S/C21H19N5O3/c1-14-18(20(25-29-14)15-6-4-3-5-7-15)13-28-19-9-8-16(10-22-19)21(27)24-17-11-23-26(2)12-17/h3-12H,13H2,1-2H3,(H,24,27). The van der Waals surface area contributed by atoms with Crippen LogP contribution in [-0.4, -0.2) is 25.8 Å². The van der Waals surface area contributed by atoms with Crippen molar-refractivity contribution in [1.29, 1.82) is 0 Å². The molecular formula is C21H19N5O3. The Hall–Kier alpha value is -3.94. The molecule has 4 rings (SSSR count). The number of aryl methyl sites for hydroxylation is 2. The van der Waals surface area contributed by atoms with E-state index < -0.39 is 0 Å². The summed E-state index contributed by atoms with van der Waals surface area (Å²) in [6.45, 7) is 2.10. The lowest BCUT2D eigenvalue weighted by molar-refractivity contribution is 0.102. The van der Waals surface area contributed by atoms with Crippen molar-refractivity contribution in [2.24, 2.45) is 7.05 Å². The molecule has 3 heterocycles. The van der Waals surface area contributed by atoms with E-state index >= 15 is 0 Å². The Morgan fingerprint density at radius 1 is 1.17 bits per heavy atom. The van der Waals surface area contributed by atoms with E-state index in [1.807, 2.05) is 37.3 Å². The quantitative estimate of drug-likeness (QED) is 0.541. The Morgan fingerprint density at radius 2 is 2.00 bits per heavy atom. The summed E-state index contributed by atoms with van der Waals surface area (Å²) in [4.78, 5) is 16.5. The van der Waals surface area contributed by atoms with Crippen molar-refractivity contribution in [1.82, 2.24) is 19.9 Å². The number of carbonyl (C=O) groups excluding carboxylic acids is 1. The van der Waals surface area contributed by atoms with E-state index in [4.69, 9.17) is 9.26 Å². The number of ether oxygens (including phenoxy) is 1. The van der Waals surface area contributed by atoms with Crippen LogP contribution >= 0.6 is 0 Å². The molecule has 1 amide bonds. The van der Waals surface area contributed by atoms with Crippen LogP contribution in [0.5, 0.6) is 5.88 Å². The molecule has 0 aliphatic carbocycles. The van der Waals surface area contributed by atoms with Gasteiger partial charge in [0.25, 0.3) is 5.91 Å². The number of hydrogen-bond donors (Lipinski definition) is 1. The summed E-state index contributed by atoms with van der Waals surface area (Å²) >= 11 is 0. The van der Waals surface area contributed by atoms with Gasteiger partial charge in [0.1, 0.15) is 18.1 Å². The summed E-state index contributed by atoms with van der Waals surface area (Å²) in [6.07, 6.45) is 4.77. The summed E-state index contributed by atoms with van der Waals surface area (Å²) in [7, 11) is 1.78. The van der Waals surface area contributed by atoms with E-state index in [2.05, 4.69) is 20.6 Å². The van der Waals surface area contributed by atoms with Gasteiger partial charge in [0, 0.05) is 31.1 Å². The molecule has 1 aromatic carbocycles. The van der Waals surface area contributed by atoms with E-state index in [1.54, 1.807) is 36.3 Å². The first kappa shape index (κ1) is 18.4. The largest absolute Gasteiger partial charge is 0.473 e. The van der Waals surface area contributed by atoms with Gasteiger partial charge >= 0.3 is 0 Å². The first-order valence-corrected chi connectivity index (χ1v) is 8.99. The third-order valence-corrected chi connectivity index (χ3v) is 4.36. The fraction of sp³-hybridized carbons (Fsp3) is 0.143. The van der Waals surface area contributed by atoms with Crippen LogP contribution in [0.15, 0.2) is 65.6 Å². The molecule has 29 heavy (non-hydrogen) atoms. The molecule has 8 nitrogen and oxygen atoms in total. The number of nitrogens with one attached hydrogen (secondary N) is 1. The molecule has 1 N–H and O–H groups in total. The van der Waals surface area contributed by atoms with Crippen LogP contribution in [0.1, 0.15) is 21.7 Å². The number of nitrogens with zero attached hydrogens (tertiary/aromatic N) is 4. The Bertz CT molecular complexity index is 1120. The summed E-state index contributed by atoms with van der Waals surface area (Å²) in [5.74, 6) is 0.831. The summed E-state index contributed by atoms with van der Waals surface area (Å²) < 4.78 is 12.7. The topological polar surface area (TPSA) is 95.1 Å². The lowest BCUT2D eigenvalue weighted by atomic mass is 10.1. The van der Waals surface area contributed by atoms with Gasteiger partial charge in [-0.05, 0) is 13.0 Å². The SMILES string of the molecule is Cc1onc(-c2ccccc2)c1COc1ccc(C(=O)Nc2cnn(C)c2)cn1. The highest BCUT2D eigenvalue weighted by Crippen LogP contribution is 2.26. The minimum atomic E-state index is -0.265. The van der Waals surface area contributed by atoms with Crippen LogP contribution in [0.2, 0.25) is 0 Å². The predicted molar refractivity (Wildman–Crippen MR) is 106 cm³/mol. The van der Waals surface area contributed by atoms with Crippen molar-refractivity contribution >= 4 is 11.6 Å². The van der Waals surface area contributed by atoms with Crippen LogP contribution in [0.25, 0.3) is 11.3 Å². The molecule has 0 saturated carbocycles. The Labute approximate surface area is 167 Å². The highest BCUT2D eigenvalue weighted by molar-refractivity contribution is 6.03. The Balaban J connectivity index is 1.42. The maximum absolute atomic E-state index is 12.3. The van der Waals surface area contributed by atoms with Crippen LogP contribution in [-0.2, 0) is 13.7 Å². The van der Waals surface area contributed by atoms with Gasteiger partial charge < -0.3 is 14.6 Å². The third kappa shape index (κ3) is 4.16. The van der Waals surface area contributed by atoms with Gasteiger partial charge in [-0.2, -0.15) is 5.10 Å². The number of hydrogen-bond acceptors (Lipinski definition) is 6. The number of pyridine rings is 1. The van der Waals surface area contributed by atoms with Gasteiger partial charge in [-0.25, -0.2) is 4.98 Å². The molecule has 8 heteroatoms. The minimum absolute atomic E-state index is 0.258. The second-order valence-corrected chi connectivity index (χ2v) is 6.46. The van der Waals surface area contributed by atoms with Crippen LogP contribution in [0.3, 0.4) is 0 Å². The number of aromatic nitrogens is 4. The maximum Gasteiger partial charge on any atom is 0.257 e. The number of amides is 1. The van der Waals surface area contributed by atoms with Gasteiger partial charge in [-0.3, -0.25) is 9.48 Å². The monoisotopic (exact) mass is 389 g/mol. The van der Waals surface area contributed by atoms with E-state index in [0.29, 0.717) is 22.9 Å². The van der Waals surface area contributed by atoms with Gasteiger partial charge in [0.2, 0.25) is 5.88 Å². The number of rotatable bonds is 6. The minimum Gasteiger partial charge on any atom is -0.473 e. The fourth-order valence-corrected chi connectivity index (χ4v) is 2.82. The molecule has 0 bridgehead atoms. The zero-order chi connectivity index (χ0) is 20.2. The molecule has 4 aromatic rings. The van der Waals surface area contributed by atoms with Crippen LogP contribution in [0, 0.1) is 6.92 Å². The van der Waals surface area contributed by atoms with Gasteiger partial charge in [0.05, 0.1) is 23.0 Å². The first-order chi connectivity index (χ1) is 14.1. The van der Waals surface area contributed by atoms with Crippen molar-refractivity contribution in [3.05, 3.63) is 77.9 Å². The van der Waals surface area contributed by atoms with E-state index in [0.717, 1.165) is 16.8 Å².